The lowest BCUT2D eigenvalue weighted by Crippen LogP contribution is -2.14. The number of rotatable bonds is 2. The van der Waals surface area contributed by atoms with Crippen molar-refractivity contribution in [2.75, 3.05) is 5.32 Å². The third-order valence-electron chi connectivity index (χ3n) is 2.28. The van der Waals surface area contributed by atoms with E-state index in [4.69, 9.17) is 0 Å². The van der Waals surface area contributed by atoms with Crippen molar-refractivity contribution in [2.45, 2.75) is 13.1 Å². The molecule has 106 valence electrons. The molecular formula is C11H7BrF3N3OS. The number of alkyl halides is 3. The summed E-state index contributed by atoms with van der Waals surface area (Å²) in [6.07, 6.45) is -4.53. The summed E-state index contributed by atoms with van der Waals surface area (Å²) >= 11 is 3.77. The molecule has 0 aliphatic heterocycles. The molecule has 0 saturated carbocycles. The van der Waals surface area contributed by atoms with Gasteiger partial charge in [-0.1, -0.05) is 15.9 Å². The summed E-state index contributed by atoms with van der Waals surface area (Å²) in [7, 11) is 0. The zero-order valence-electron chi connectivity index (χ0n) is 9.95. The molecular weight excluding hydrogens is 359 g/mol. The standard InChI is InChI=1S/C11H7BrF3N3OS/c1-5-16-10(20-18-5)17-9(19)6-2-3-8(12)7(4-6)11(13,14)15/h2-4H,1H3,(H,16,17,18,19). The van der Waals surface area contributed by atoms with Gasteiger partial charge in [0, 0.05) is 21.6 Å². The van der Waals surface area contributed by atoms with Crippen LogP contribution in [0.1, 0.15) is 21.7 Å². The number of carbonyl (C=O) groups excluding carboxylic acids is 1. The quantitative estimate of drug-likeness (QED) is 0.878. The van der Waals surface area contributed by atoms with Crippen LogP contribution < -0.4 is 5.32 Å². The van der Waals surface area contributed by atoms with Gasteiger partial charge in [0.05, 0.1) is 5.56 Å². The maximum absolute atomic E-state index is 12.7. The molecule has 4 nitrogen and oxygen atoms in total. The van der Waals surface area contributed by atoms with E-state index in [0.29, 0.717) is 5.82 Å². The number of hydrogen-bond donors (Lipinski definition) is 1. The highest BCUT2D eigenvalue weighted by molar-refractivity contribution is 9.10. The Morgan fingerprint density at radius 2 is 2.10 bits per heavy atom. The van der Waals surface area contributed by atoms with Crippen LogP contribution in [0.4, 0.5) is 18.3 Å². The molecule has 0 aliphatic rings. The number of nitrogens with one attached hydrogen (secondary N) is 1. The topological polar surface area (TPSA) is 54.9 Å². The van der Waals surface area contributed by atoms with Crippen LogP contribution in [0.5, 0.6) is 0 Å². The summed E-state index contributed by atoms with van der Waals surface area (Å²) in [5, 5.41) is 2.64. The molecule has 1 aromatic heterocycles. The van der Waals surface area contributed by atoms with E-state index in [-0.39, 0.29) is 15.2 Å². The van der Waals surface area contributed by atoms with E-state index in [1.165, 1.54) is 12.1 Å². The third kappa shape index (κ3) is 3.34. The summed E-state index contributed by atoms with van der Waals surface area (Å²) in [5.41, 5.74) is -1.01. The van der Waals surface area contributed by atoms with Crippen molar-refractivity contribution >= 4 is 38.5 Å². The maximum Gasteiger partial charge on any atom is 0.417 e. The van der Waals surface area contributed by atoms with Crippen molar-refractivity contribution in [3.8, 4) is 0 Å². The van der Waals surface area contributed by atoms with Gasteiger partial charge in [0.15, 0.2) is 0 Å². The summed E-state index contributed by atoms with van der Waals surface area (Å²) in [6.45, 7) is 1.65. The van der Waals surface area contributed by atoms with Gasteiger partial charge in [-0.3, -0.25) is 10.1 Å². The van der Waals surface area contributed by atoms with E-state index in [1.54, 1.807) is 6.92 Å². The first-order valence-corrected chi connectivity index (χ1v) is 6.82. The van der Waals surface area contributed by atoms with Crippen LogP contribution in [-0.4, -0.2) is 15.3 Å². The zero-order valence-corrected chi connectivity index (χ0v) is 12.4. The predicted octanol–water partition coefficient (Wildman–Crippen LogP) is 3.88. The molecule has 1 aromatic carbocycles. The Hall–Kier alpha value is -1.48. The molecule has 9 heteroatoms. The minimum Gasteiger partial charge on any atom is -0.297 e. The van der Waals surface area contributed by atoms with Gasteiger partial charge < -0.3 is 0 Å². The van der Waals surface area contributed by atoms with Crippen molar-refractivity contribution in [3.05, 3.63) is 39.6 Å². The number of anilines is 1. The van der Waals surface area contributed by atoms with Gasteiger partial charge in [-0.05, 0) is 25.1 Å². The largest absolute Gasteiger partial charge is 0.417 e. The number of aromatic nitrogens is 2. The molecule has 2 aromatic rings. The van der Waals surface area contributed by atoms with Crippen LogP contribution in [-0.2, 0) is 6.18 Å². The zero-order chi connectivity index (χ0) is 14.9. The smallest absolute Gasteiger partial charge is 0.297 e. The highest BCUT2D eigenvalue weighted by Gasteiger charge is 2.33. The van der Waals surface area contributed by atoms with Crippen LogP contribution >= 0.6 is 27.5 Å². The van der Waals surface area contributed by atoms with Gasteiger partial charge in [0.1, 0.15) is 5.82 Å². The van der Waals surface area contributed by atoms with Gasteiger partial charge in [-0.25, -0.2) is 4.98 Å². The Labute approximate surface area is 124 Å². The average Bonchev–Trinajstić information content (AvgIpc) is 2.73. The number of halogens is 4. The van der Waals surface area contributed by atoms with Gasteiger partial charge in [-0.2, -0.15) is 17.5 Å². The van der Waals surface area contributed by atoms with E-state index in [0.717, 1.165) is 17.6 Å². The van der Waals surface area contributed by atoms with E-state index in [2.05, 4.69) is 30.6 Å². The summed E-state index contributed by atoms with van der Waals surface area (Å²) in [5.74, 6) is -0.184. The van der Waals surface area contributed by atoms with E-state index in [1.807, 2.05) is 0 Å². The summed E-state index contributed by atoms with van der Waals surface area (Å²) < 4.78 is 42.0. The van der Waals surface area contributed by atoms with Gasteiger partial charge >= 0.3 is 6.18 Å². The molecule has 1 amide bonds. The van der Waals surface area contributed by atoms with Gasteiger partial charge in [0.25, 0.3) is 5.91 Å². The normalized spacial score (nSPS) is 11.4. The highest BCUT2D eigenvalue weighted by Crippen LogP contribution is 2.35. The van der Waals surface area contributed by atoms with Gasteiger partial charge in [-0.15, -0.1) is 0 Å². The van der Waals surface area contributed by atoms with Crippen molar-refractivity contribution in [2.24, 2.45) is 0 Å². The minimum absolute atomic E-state index is 0.103. The number of carbonyl (C=O) groups is 1. The predicted molar refractivity (Wildman–Crippen MR) is 71.7 cm³/mol. The second-order valence-electron chi connectivity index (χ2n) is 3.79. The van der Waals surface area contributed by atoms with E-state index in [9.17, 15) is 18.0 Å². The average molecular weight is 366 g/mol. The summed E-state index contributed by atoms with van der Waals surface area (Å²) in [6, 6.07) is 3.26. The number of hydrogen-bond acceptors (Lipinski definition) is 4. The molecule has 20 heavy (non-hydrogen) atoms. The molecule has 1 N–H and O–H groups in total. The van der Waals surface area contributed by atoms with Crippen molar-refractivity contribution < 1.29 is 18.0 Å². The first-order valence-electron chi connectivity index (χ1n) is 5.26. The van der Waals surface area contributed by atoms with E-state index < -0.39 is 17.6 Å². The van der Waals surface area contributed by atoms with Crippen molar-refractivity contribution in [1.29, 1.82) is 0 Å². The number of nitrogens with zero attached hydrogens (tertiary/aromatic N) is 2. The molecule has 0 unspecified atom stereocenters. The monoisotopic (exact) mass is 365 g/mol. The second-order valence-corrected chi connectivity index (χ2v) is 5.40. The molecule has 1 heterocycles. The fourth-order valence-corrected chi connectivity index (χ4v) is 2.44. The Morgan fingerprint density at radius 3 is 2.65 bits per heavy atom. The fraction of sp³-hybridized carbons (Fsp3) is 0.182. The first kappa shape index (κ1) is 14.9. The molecule has 0 atom stereocenters. The van der Waals surface area contributed by atoms with Crippen LogP contribution in [0.25, 0.3) is 0 Å². The molecule has 0 aliphatic carbocycles. The SMILES string of the molecule is Cc1nsc(NC(=O)c2ccc(Br)c(C(F)(F)F)c2)n1. The third-order valence-corrected chi connectivity index (χ3v) is 3.70. The van der Waals surface area contributed by atoms with Crippen LogP contribution in [0, 0.1) is 6.92 Å². The van der Waals surface area contributed by atoms with Crippen LogP contribution in [0.15, 0.2) is 22.7 Å². The lowest BCUT2D eigenvalue weighted by atomic mass is 10.1. The number of aryl methyl sites for hydroxylation is 1. The van der Waals surface area contributed by atoms with Crippen molar-refractivity contribution in [1.82, 2.24) is 9.36 Å². The molecule has 0 radical (unpaired) electrons. The molecule has 0 saturated heterocycles. The molecule has 0 bridgehead atoms. The lowest BCUT2D eigenvalue weighted by Gasteiger charge is -2.10. The number of amides is 1. The highest BCUT2D eigenvalue weighted by atomic mass is 79.9. The van der Waals surface area contributed by atoms with E-state index >= 15 is 0 Å². The van der Waals surface area contributed by atoms with Gasteiger partial charge in [0.2, 0.25) is 5.13 Å². The maximum atomic E-state index is 12.7. The molecule has 0 fully saturated rings. The number of benzene rings is 1. The van der Waals surface area contributed by atoms with Crippen LogP contribution in [0.3, 0.4) is 0 Å². The van der Waals surface area contributed by atoms with Crippen LogP contribution in [0.2, 0.25) is 0 Å². The Bertz CT molecular complexity index is 657. The van der Waals surface area contributed by atoms with Crippen molar-refractivity contribution in [3.63, 3.8) is 0 Å². The summed E-state index contributed by atoms with van der Waals surface area (Å²) in [4.78, 5) is 15.8. The minimum atomic E-state index is -4.53. The molecule has 2 rings (SSSR count). The lowest BCUT2D eigenvalue weighted by molar-refractivity contribution is -0.138. The Kier molecular flexibility index (Phi) is 4.09. The second kappa shape index (κ2) is 5.49. The first-order chi connectivity index (χ1) is 9.27. The molecule has 0 spiro atoms. The Balaban J connectivity index is 2.27. The Morgan fingerprint density at radius 1 is 1.40 bits per heavy atom. The fourth-order valence-electron chi connectivity index (χ4n) is 1.40.